The van der Waals surface area contributed by atoms with Gasteiger partial charge in [-0.05, 0) is 64.0 Å². The lowest BCUT2D eigenvalue weighted by molar-refractivity contribution is -0.137. The van der Waals surface area contributed by atoms with Crippen LogP contribution in [0.15, 0.2) is 71.2 Å². The minimum Gasteiger partial charge on any atom is -0.481 e. The van der Waals surface area contributed by atoms with Gasteiger partial charge in [0.15, 0.2) is 0 Å². The zero-order valence-corrected chi connectivity index (χ0v) is 25.0. The third-order valence-electron chi connectivity index (χ3n) is 6.15. The molecule has 3 aromatic carbocycles. The Kier molecular flexibility index (Phi) is 11.2. The molecule has 0 bridgehead atoms. The number of carboxylic acid groups (broad SMARTS) is 1. The molecule has 0 unspecified atom stereocenters. The zero-order valence-electron chi connectivity index (χ0n) is 23.4. The fourth-order valence-corrected chi connectivity index (χ4v) is 4.46. The summed E-state index contributed by atoms with van der Waals surface area (Å²) < 4.78 is 0.751. The van der Waals surface area contributed by atoms with Crippen molar-refractivity contribution >= 4 is 68.4 Å². The third kappa shape index (κ3) is 8.40. The summed E-state index contributed by atoms with van der Waals surface area (Å²) in [6, 6.07) is 18.3. The van der Waals surface area contributed by atoms with Gasteiger partial charge in [0.05, 0.1) is 29.8 Å². The van der Waals surface area contributed by atoms with E-state index >= 15 is 0 Å². The summed E-state index contributed by atoms with van der Waals surface area (Å²) in [4.78, 5) is 64.2. The van der Waals surface area contributed by atoms with Gasteiger partial charge in [-0.2, -0.15) is 0 Å². The first-order valence-electron chi connectivity index (χ1n) is 13.2. The first-order valence-corrected chi connectivity index (χ1v) is 14.0. The average molecular weight is 639 g/mol. The van der Waals surface area contributed by atoms with Crippen molar-refractivity contribution < 1.29 is 29.1 Å². The maximum absolute atomic E-state index is 13.1. The number of anilines is 4. The van der Waals surface area contributed by atoms with Crippen molar-refractivity contribution in [1.29, 1.82) is 0 Å². The lowest BCUT2D eigenvalue weighted by Crippen LogP contribution is -2.38. The Morgan fingerprint density at radius 1 is 0.905 bits per heavy atom. The molecule has 0 radical (unpaired) electrons. The van der Waals surface area contributed by atoms with E-state index in [4.69, 9.17) is 5.11 Å². The number of aliphatic carboxylic acids is 1. The van der Waals surface area contributed by atoms with E-state index in [1.807, 2.05) is 26.0 Å². The Morgan fingerprint density at radius 3 is 2.24 bits per heavy atom. The van der Waals surface area contributed by atoms with E-state index in [-0.39, 0.29) is 43.3 Å². The van der Waals surface area contributed by atoms with Crippen LogP contribution in [0.25, 0.3) is 0 Å². The number of rotatable bonds is 8. The predicted octanol–water partition coefficient (Wildman–Crippen LogP) is 5.19. The zero-order chi connectivity index (χ0) is 30.8. The van der Waals surface area contributed by atoms with Crippen LogP contribution in [-0.4, -0.2) is 59.9 Å². The molecule has 0 saturated carbocycles. The number of carboxylic acids is 1. The Morgan fingerprint density at radius 2 is 1.57 bits per heavy atom. The number of benzene rings is 3. The van der Waals surface area contributed by atoms with Crippen molar-refractivity contribution in [3.05, 3.63) is 82.3 Å². The van der Waals surface area contributed by atoms with Crippen LogP contribution < -0.4 is 20.9 Å². The Labute approximate surface area is 252 Å². The number of urea groups is 1. The van der Waals surface area contributed by atoms with Gasteiger partial charge in [-0.25, -0.2) is 4.79 Å². The SMILES string of the molecule is CC.CN1C(=O)CN(CCC(=O)O)C(=O)c2cc(NC(=O)Cc3ccc(NC(=O)Nc4ccccc4Br)cc3)ccc21. The van der Waals surface area contributed by atoms with E-state index in [1.54, 1.807) is 48.5 Å². The molecule has 220 valence electrons. The lowest BCUT2D eigenvalue weighted by atomic mass is 10.1. The molecule has 0 aromatic heterocycles. The minimum absolute atomic E-state index is 0.0393. The van der Waals surface area contributed by atoms with Crippen LogP contribution >= 0.6 is 15.9 Å². The Bertz CT molecular complexity index is 1480. The summed E-state index contributed by atoms with van der Waals surface area (Å²) in [5.41, 5.74) is 2.79. The number of carbonyl (C=O) groups excluding carboxylic acids is 4. The van der Waals surface area contributed by atoms with Gasteiger partial charge in [0.1, 0.15) is 6.54 Å². The highest BCUT2D eigenvalue weighted by Crippen LogP contribution is 2.28. The molecular formula is C30H32BrN5O6. The normalized spacial score (nSPS) is 12.4. The lowest BCUT2D eigenvalue weighted by Gasteiger charge is -2.19. The molecule has 3 aromatic rings. The molecule has 42 heavy (non-hydrogen) atoms. The number of hydrogen-bond acceptors (Lipinski definition) is 5. The Balaban J connectivity index is 0.00000237. The molecule has 4 rings (SSSR count). The van der Waals surface area contributed by atoms with Crippen molar-refractivity contribution in [2.45, 2.75) is 26.7 Å². The van der Waals surface area contributed by atoms with Crippen molar-refractivity contribution in [3.8, 4) is 0 Å². The number of nitrogens with one attached hydrogen (secondary N) is 3. The number of fused-ring (bicyclic) bond motifs is 1. The highest BCUT2D eigenvalue weighted by molar-refractivity contribution is 9.10. The fraction of sp³-hybridized carbons (Fsp3) is 0.233. The van der Waals surface area contributed by atoms with E-state index in [9.17, 15) is 24.0 Å². The topological polar surface area (TPSA) is 148 Å². The highest BCUT2D eigenvalue weighted by atomic mass is 79.9. The largest absolute Gasteiger partial charge is 0.481 e. The molecule has 4 N–H and O–H groups in total. The monoisotopic (exact) mass is 637 g/mol. The van der Waals surface area contributed by atoms with Crippen molar-refractivity contribution in [2.24, 2.45) is 0 Å². The molecule has 1 aliphatic rings. The van der Waals surface area contributed by atoms with E-state index in [0.29, 0.717) is 28.3 Å². The second-order valence-corrected chi connectivity index (χ2v) is 9.89. The Hall–Kier alpha value is -4.71. The number of nitrogens with zero attached hydrogens (tertiary/aromatic N) is 2. The summed E-state index contributed by atoms with van der Waals surface area (Å²) >= 11 is 3.38. The van der Waals surface area contributed by atoms with Gasteiger partial charge < -0.3 is 30.9 Å². The van der Waals surface area contributed by atoms with Crippen LogP contribution in [0.4, 0.5) is 27.5 Å². The molecule has 0 aliphatic carbocycles. The second kappa shape index (κ2) is 14.8. The van der Waals surface area contributed by atoms with Crippen LogP contribution in [0, 0.1) is 0 Å². The summed E-state index contributed by atoms with van der Waals surface area (Å²) in [5.74, 6) is -2.25. The fourth-order valence-electron chi connectivity index (χ4n) is 4.08. The number of carbonyl (C=O) groups is 5. The first-order chi connectivity index (χ1) is 20.1. The van der Waals surface area contributed by atoms with Crippen LogP contribution in [0.1, 0.15) is 36.2 Å². The van der Waals surface area contributed by atoms with Gasteiger partial charge in [0, 0.05) is 29.4 Å². The maximum Gasteiger partial charge on any atom is 0.323 e. The minimum atomic E-state index is -1.08. The van der Waals surface area contributed by atoms with Crippen LogP contribution in [-0.2, 0) is 20.8 Å². The number of halogens is 1. The van der Waals surface area contributed by atoms with Crippen LogP contribution in [0.5, 0.6) is 0 Å². The summed E-state index contributed by atoms with van der Waals surface area (Å²) in [5, 5.41) is 17.2. The maximum atomic E-state index is 13.1. The standard InChI is InChI=1S/C28H26BrN5O6.C2H6/c1-33-23-11-10-19(15-20(23)27(39)34(16-25(33)36)13-12-26(37)38)30-24(35)14-17-6-8-18(9-7-17)31-28(40)32-22-5-3-2-4-21(22)29;1-2/h2-11,15H,12-14,16H2,1H3,(H,30,35)(H,37,38)(H2,31,32,40);1-2H3. The van der Waals surface area contributed by atoms with Gasteiger partial charge in [-0.3, -0.25) is 19.2 Å². The smallest absolute Gasteiger partial charge is 0.323 e. The highest BCUT2D eigenvalue weighted by Gasteiger charge is 2.30. The number of para-hydroxylation sites is 1. The molecule has 12 heteroatoms. The third-order valence-corrected chi connectivity index (χ3v) is 6.85. The van der Waals surface area contributed by atoms with Gasteiger partial charge in [-0.1, -0.05) is 38.1 Å². The number of hydrogen-bond donors (Lipinski definition) is 4. The van der Waals surface area contributed by atoms with E-state index in [1.165, 1.54) is 22.9 Å². The molecule has 1 heterocycles. The molecule has 0 spiro atoms. The number of amides is 5. The van der Waals surface area contributed by atoms with E-state index in [2.05, 4.69) is 31.9 Å². The van der Waals surface area contributed by atoms with Gasteiger partial charge >= 0.3 is 12.0 Å². The van der Waals surface area contributed by atoms with Crippen LogP contribution in [0.2, 0.25) is 0 Å². The first kappa shape index (κ1) is 31.8. The molecule has 1 aliphatic heterocycles. The average Bonchev–Trinajstić information content (AvgIpc) is 3.05. The molecule has 0 fully saturated rings. The van der Waals surface area contributed by atoms with Crippen molar-refractivity contribution in [2.75, 3.05) is 41.0 Å². The molecule has 11 nitrogen and oxygen atoms in total. The van der Waals surface area contributed by atoms with E-state index < -0.39 is 17.9 Å². The summed E-state index contributed by atoms with van der Waals surface area (Å²) in [6.07, 6.45) is -0.254. The predicted molar refractivity (Wildman–Crippen MR) is 165 cm³/mol. The van der Waals surface area contributed by atoms with Gasteiger partial charge in [0.2, 0.25) is 11.8 Å². The van der Waals surface area contributed by atoms with Crippen molar-refractivity contribution in [1.82, 2.24) is 4.90 Å². The molecule has 0 saturated heterocycles. The van der Waals surface area contributed by atoms with E-state index in [0.717, 1.165) is 4.47 Å². The van der Waals surface area contributed by atoms with Crippen LogP contribution in [0.3, 0.4) is 0 Å². The molecular weight excluding hydrogens is 606 g/mol. The number of likely N-dealkylation sites (N-methyl/N-ethyl adjacent to an activating group) is 1. The quantitative estimate of drug-likeness (QED) is 0.267. The summed E-state index contributed by atoms with van der Waals surface area (Å²) in [7, 11) is 1.54. The van der Waals surface area contributed by atoms with Crippen molar-refractivity contribution in [3.63, 3.8) is 0 Å². The summed E-state index contributed by atoms with van der Waals surface area (Å²) in [6.45, 7) is 3.65. The van der Waals surface area contributed by atoms with Gasteiger partial charge in [-0.15, -0.1) is 0 Å². The second-order valence-electron chi connectivity index (χ2n) is 9.04. The molecule has 0 atom stereocenters. The molecule has 5 amide bonds. The van der Waals surface area contributed by atoms with Gasteiger partial charge in [0.25, 0.3) is 5.91 Å².